The predicted molar refractivity (Wildman–Crippen MR) is 128 cm³/mol. The minimum Gasteiger partial charge on any atom is -0.393 e. The molecular formula is C29H48O. The van der Waals surface area contributed by atoms with E-state index in [1.807, 2.05) is 0 Å². The van der Waals surface area contributed by atoms with Crippen LogP contribution in [0.3, 0.4) is 0 Å². The van der Waals surface area contributed by atoms with Gasteiger partial charge >= 0.3 is 0 Å². The molecule has 0 bridgehead atoms. The molecule has 4 rings (SSSR count). The first-order valence-corrected chi connectivity index (χ1v) is 13.2. The summed E-state index contributed by atoms with van der Waals surface area (Å²) in [7, 11) is 0. The SMILES string of the molecule is C/C=C(/CC[C@@H](C)[C@@H]1CC[C@@H]2[C@H]3CC=C4C[C@@H](O)CC[C@]4(C)[C@H]3CC[C@@]21C)C(C)C. The van der Waals surface area contributed by atoms with Crippen molar-refractivity contribution in [2.24, 2.45) is 46.3 Å². The van der Waals surface area contributed by atoms with Gasteiger partial charge in [0.25, 0.3) is 0 Å². The zero-order chi connectivity index (χ0) is 21.7. The largest absolute Gasteiger partial charge is 0.393 e. The number of aliphatic hydroxyl groups excluding tert-OH is 1. The van der Waals surface area contributed by atoms with Crippen molar-refractivity contribution in [1.82, 2.24) is 0 Å². The second kappa shape index (κ2) is 8.42. The van der Waals surface area contributed by atoms with Gasteiger partial charge in [-0.1, -0.05) is 57.9 Å². The number of rotatable bonds is 5. The Morgan fingerprint density at radius 1 is 1.10 bits per heavy atom. The van der Waals surface area contributed by atoms with Gasteiger partial charge < -0.3 is 5.11 Å². The lowest BCUT2D eigenvalue weighted by Gasteiger charge is -2.58. The molecule has 0 amide bonds. The van der Waals surface area contributed by atoms with Gasteiger partial charge in [-0.05, 0) is 117 Å². The fourth-order valence-electron chi connectivity index (χ4n) is 8.98. The van der Waals surface area contributed by atoms with Crippen molar-refractivity contribution in [2.75, 3.05) is 0 Å². The molecule has 0 aromatic heterocycles. The molecule has 0 aromatic rings. The summed E-state index contributed by atoms with van der Waals surface area (Å²) in [6, 6.07) is 0. The molecule has 0 aromatic carbocycles. The van der Waals surface area contributed by atoms with Gasteiger partial charge in [0.05, 0.1) is 6.10 Å². The maximum Gasteiger partial charge on any atom is 0.0577 e. The van der Waals surface area contributed by atoms with Crippen LogP contribution in [0.1, 0.15) is 106 Å². The highest BCUT2D eigenvalue weighted by molar-refractivity contribution is 5.25. The summed E-state index contributed by atoms with van der Waals surface area (Å²) in [6.45, 7) is 14.7. The average Bonchev–Trinajstić information content (AvgIpc) is 3.06. The van der Waals surface area contributed by atoms with Crippen molar-refractivity contribution in [3.05, 3.63) is 23.3 Å². The molecule has 0 spiro atoms. The monoisotopic (exact) mass is 412 g/mol. The molecule has 1 heteroatoms. The van der Waals surface area contributed by atoms with Gasteiger partial charge in [0.2, 0.25) is 0 Å². The Morgan fingerprint density at radius 3 is 2.57 bits per heavy atom. The Hall–Kier alpha value is -0.560. The first-order valence-electron chi connectivity index (χ1n) is 13.2. The molecule has 0 aliphatic heterocycles. The van der Waals surface area contributed by atoms with E-state index in [1.165, 1.54) is 51.4 Å². The molecule has 0 heterocycles. The molecular weight excluding hydrogens is 364 g/mol. The standard InChI is InChI=1S/C29H48O/c1-7-21(19(2)3)9-8-20(4)25-12-13-26-24-11-10-22-18-23(30)14-16-28(22,5)27(24)15-17-29(25,26)6/h7,10,19-20,23-27,30H,8-9,11-18H2,1-6H3/b21-7-/t20-,23+,24-,25+,26-,27+,28+,29-/m1/s1. The van der Waals surface area contributed by atoms with E-state index >= 15 is 0 Å². The molecule has 1 N–H and O–H groups in total. The van der Waals surface area contributed by atoms with E-state index < -0.39 is 0 Å². The van der Waals surface area contributed by atoms with Gasteiger partial charge in [0, 0.05) is 0 Å². The van der Waals surface area contributed by atoms with Gasteiger partial charge in [-0.3, -0.25) is 0 Å². The van der Waals surface area contributed by atoms with Crippen LogP contribution in [-0.4, -0.2) is 11.2 Å². The van der Waals surface area contributed by atoms with Crippen molar-refractivity contribution >= 4 is 0 Å². The van der Waals surface area contributed by atoms with E-state index in [2.05, 4.69) is 53.7 Å². The zero-order valence-corrected chi connectivity index (χ0v) is 20.7. The third kappa shape index (κ3) is 3.66. The molecule has 30 heavy (non-hydrogen) atoms. The maximum absolute atomic E-state index is 10.2. The van der Waals surface area contributed by atoms with E-state index in [0.29, 0.717) is 16.7 Å². The third-order valence-corrected chi connectivity index (χ3v) is 10.8. The second-order valence-electron chi connectivity index (χ2n) is 12.4. The summed E-state index contributed by atoms with van der Waals surface area (Å²) in [5, 5.41) is 10.2. The minimum atomic E-state index is -0.0839. The summed E-state index contributed by atoms with van der Waals surface area (Å²) in [5.74, 6) is 5.15. The number of allylic oxidation sites excluding steroid dienone is 3. The van der Waals surface area contributed by atoms with Gasteiger partial charge in [0.15, 0.2) is 0 Å². The zero-order valence-electron chi connectivity index (χ0n) is 20.7. The minimum absolute atomic E-state index is 0.0839. The molecule has 0 radical (unpaired) electrons. The Labute approximate surface area is 186 Å². The van der Waals surface area contributed by atoms with Gasteiger partial charge in [0.1, 0.15) is 0 Å². The third-order valence-electron chi connectivity index (χ3n) is 10.8. The van der Waals surface area contributed by atoms with E-state index in [0.717, 1.165) is 42.4 Å². The van der Waals surface area contributed by atoms with Crippen LogP contribution in [0, 0.1) is 46.3 Å². The smallest absolute Gasteiger partial charge is 0.0577 e. The molecule has 170 valence electrons. The molecule has 4 aliphatic rings. The van der Waals surface area contributed by atoms with Crippen LogP contribution >= 0.6 is 0 Å². The molecule has 0 unspecified atom stereocenters. The van der Waals surface area contributed by atoms with E-state index in [9.17, 15) is 5.11 Å². The van der Waals surface area contributed by atoms with Crippen LogP contribution in [-0.2, 0) is 0 Å². The molecule has 0 saturated heterocycles. The summed E-state index contributed by atoms with van der Waals surface area (Å²) < 4.78 is 0. The summed E-state index contributed by atoms with van der Waals surface area (Å²) in [5.41, 5.74) is 4.21. The van der Waals surface area contributed by atoms with Crippen molar-refractivity contribution in [1.29, 1.82) is 0 Å². The first kappa shape index (κ1) is 22.6. The Bertz CT molecular complexity index is 686. The Balaban J connectivity index is 1.49. The van der Waals surface area contributed by atoms with Crippen LogP contribution in [0.5, 0.6) is 0 Å². The topological polar surface area (TPSA) is 20.2 Å². The number of hydrogen-bond acceptors (Lipinski definition) is 1. The first-order chi connectivity index (χ1) is 14.2. The lowest BCUT2D eigenvalue weighted by molar-refractivity contribution is -0.0571. The quantitative estimate of drug-likeness (QED) is 0.454. The van der Waals surface area contributed by atoms with E-state index in [-0.39, 0.29) is 6.10 Å². The Kier molecular flexibility index (Phi) is 6.35. The lowest BCUT2D eigenvalue weighted by atomic mass is 9.47. The van der Waals surface area contributed by atoms with E-state index in [4.69, 9.17) is 0 Å². The van der Waals surface area contributed by atoms with Crippen molar-refractivity contribution in [3.8, 4) is 0 Å². The van der Waals surface area contributed by atoms with Crippen molar-refractivity contribution in [2.45, 2.75) is 112 Å². The number of fused-ring (bicyclic) bond motifs is 5. The predicted octanol–water partition coefficient (Wildman–Crippen LogP) is 7.94. The van der Waals surface area contributed by atoms with Crippen LogP contribution in [0.25, 0.3) is 0 Å². The lowest BCUT2D eigenvalue weighted by Crippen LogP contribution is -2.50. The fourth-order valence-corrected chi connectivity index (χ4v) is 8.98. The highest BCUT2D eigenvalue weighted by Gasteiger charge is 2.59. The van der Waals surface area contributed by atoms with Gasteiger partial charge in [-0.25, -0.2) is 0 Å². The van der Waals surface area contributed by atoms with Gasteiger partial charge in [-0.2, -0.15) is 0 Å². The highest BCUT2D eigenvalue weighted by Crippen LogP contribution is 2.67. The molecule has 1 nitrogen and oxygen atoms in total. The summed E-state index contributed by atoms with van der Waals surface area (Å²) in [6.07, 6.45) is 17.8. The van der Waals surface area contributed by atoms with Gasteiger partial charge in [-0.15, -0.1) is 0 Å². The number of aliphatic hydroxyl groups is 1. The number of hydrogen-bond donors (Lipinski definition) is 1. The molecule has 4 aliphatic carbocycles. The van der Waals surface area contributed by atoms with Crippen LogP contribution in [0.15, 0.2) is 23.3 Å². The Morgan fingerprint density at radius 2 is 1.87 bits per heavy atom. The summed E-state index contributed by atoms with van der Waals surface area (Å²) in [4.78, 5) is 0. The summed E-state index contributed by atoms with van der Waals surface area (Å²) >= 11 is 0. The van der Waals surface area contributed by atoms with E-state index in [1.54, 1.807) is 11.1 Å². The van der Waals surface area contributed by atoms with Crippen molar-refractivity contribution < 1.29 is 5.11 Å². The highest BCUT2D eigenvalue weighted by atomic mass is 16.3. The molecule has 3 saturated carbocycles. The van der Waals surface area contributed by atoms with Crippen LogP contribution in [0.4, 0.5) is 0 Å². The average molecular weight is 413 g/mol. The van der Waals surface area contributed by atoms with Crippen LogP contribution < -0.4 is 0 Å². The maximum atomic E-state index is 10.2. The second-order valence-corrected chi connectivity index (χ2v) is 12.4. The fraction of sp³-hybridized carbons (Fsp3) is 0.862. The normalized spacial score (nSPS) is 44.9. The molecule has 3 fully saturated rings. The van der Waals surface area contributed by atoms with Crippen molar-refractivity contribution in [3.63, 3.8) is 0 Å². The molecule has 8 atom stereocenters. The van der Waals surface area contributed by atoms with Crippen LogP contribution in [0.2, 0.25) is 0 Å².